The molecule has 0 bridgehead atoms. The first-order valence-electron chi connectivity index (χ1n) is 6.71. The number of carbonyl (C=O) groups excluding carboxylic acids is 1. The molecule has 0 saturated carbocycles. The third-order valence-electron chi connectivity index (χ3n) is 4.18. The second-order valence-electron chi connectivity index (χ2n) is 5.78. The summed E-state index contributed by atoms with van der Waals surface area (Å²) in [5.41, 5.74) is 1.55. The number of furan rings is 1. The zero-order chi connectivity index (χ0) is 13.3. The molecule has 1 spiro atoms. The zero-order valence-electron chi connectivity index (χ0n) is 11.3. The summed E-state index contributed by atoms with van der Waals surface area (Å²) in [7, 11) is 1.57. The van der Waals surface area contributed by atoms with Crippen molar-refractivity contribution in [2.75, 3.05) is 39.9 Å². The van der Waals surface area contributed by atoms with Gasteiger partial charge in [0.15, 0.2) is 0 Å². The smallest absolute Gasteiger partial charge is 0.248 e. The summed E-state index contributed by atoms with van der Waals surface area (Å²) < 4.78 is 9.99. The lowest BCUT2D eigenvalue weighted by Gasteiger charge is -2.48. The molecule has 0 aliphatic carbocycles. The molecular weight excluding hydrogens is 244 g/mol. The maximum absolute atomic E-state index is 11.7. The predicted molar refractivity (Wildman–Crippen MR) is 69.5 cm³/mol. The van der Waals surface area contributed by atoms with E-state index in [-0.39, 0.29) is 12.5 Å². The Bertz CT molecular complexity index is 438. The summed E-state index contributed by atoms with van der Waals surface area (Å²) in [6.45, 7) is 5.11. The average molecular weight is 264 g/mol. The first-order valence-corrected chi connectivity index (χ1v) is 6.71. The van der Waals surface area contributed by atoms with Gasteiger partial charge in [-0.05, 0) is 19.0 Å². The summed E-state index contributed by atoms with van der Waals surface area (Å²) in [6.07, 6.45) is 4.71. The van der Waals surface area contributed by atoms with Crippen LogP contribution in [0.5, 0.6) is 0 Å². The second-order valence-corrected chi connectivity index (χ2v) is 5.78. The van der Waals surface area contributed by atoms with Gasteiger partial charge in [-0.3, -0.25) is 9.69 Å². The van der Waals surface area contributed by atoms with Gasteiger partial charge < -0.3 is 14.1 Å². The molecule has 3 heterocycles. The fourth-order valence-corrected chi connectivity index (χ4v) is 3.22. The molecule has 0 unspecified atom stereocenters. The van der Waals surface area contributed by atoms with Crippen molar-refractivity contribution in [3.05, 3.63) is 24.2 Å². The highest BCUT2D eigenvalue weighted by molar-refractivity contribution is 5.78. The Labute approximate surface area is 113 Å². The Morgan fingerprint density at radius 3 is 3.00 bits per heavy atom. The third kappa shape index (κ3) is 2.53. The lowest BCUT2D eigenvalue weighted by Crippen LogP contribution is -2.60. The Balaban J connectivity index is 1.49. The van der Waals surface area contributed by atoms with E-state index in [0.717, 1.165) is 32.7 Å². The van der Waals surface area contributed by atoms with E-state index in [0.29, 0.717) is 5.41 Å². The Morgan fingerprint density at radius 2 is 2.32 bits per heavy atom. The van der Waals surface area contributed by atoms with Gasteiger partial charge in [-0.2, -0.15) is 0 Å². The Morgan fingerprint density at radius 1 is 1.47 bits per heavy atom. The lowest BCUT2D eigenvalue weighted by atomic mass is 9.79. The van der Waals surface area contributed by atoms with Crippen LogP contribution in [0.1, 0.15) is 12.0 Å². The van der Waals surface area contributed by atoms with Gasteiger partial charge in [0.25, 0.3) is 0 Å². The van der Waals surface area contributed by atoms with Crippen LogP contribution in [-0.2, 0) is 16.1 Å². The van der Waals surface area contributed by atoms with E-state index in [9.17, 15) is 4.79 Å². The number of carbonyl (C=O) groups is 1. The maximum atomic E-state index is 11.7. The van der Waals surface area contributed by atoms with E-state index < -0.39 is 0 Å². The number of ether oxygens (including phenoxy) is 1. The van der Waals surface area contributed by atoms with Crippen LogP contribution in [0.15, 0.2) is 23.0 Å². The van der Waals surface area contributed by atoms with Gasteiger partial charge in [0, 0.05) is 44.3 Å². The molecule has 0 N–H and O–H groups in total. The number of hydrogen-bond acceptors (Lipinski definition) is 4. The highest BCUT2D eigenvalue weighted by Crippen LogP contribution is 2.39. The van der Waals surface area contributed by atoms with Crippen molar-refractivity contribution < 1.29 is 13.9 Å². The molecular formula is C14H20N2O3. The molecule has 0 radical (unpaired) electrons. The fourth-order valence-electron chi connectivity index (χ4n) is 3.22. The van der Waals surface area contributed by atoms with E-state index in [1.165, 1.54) is 12.0 Å². The van der Waals surface area contributed by atoms with Crippen LogP contribution in [0.4, 0.5) is 0 Å². The first-order chi connectivity index (χ1) is 9.21. The summed E-state index contributed by atoms with van der Waals surface area (Å²) in [5.74, 6) is 0.112. The number of rotatable bonds is 4. The van der Waals surface area contributed by atoms with Gasteiger partial charge in [0.05, 0.1) is 12.5 Å². The molecule has 1 aromatic heterocycles. The van der Waals surface area contributed by atoms with E-state index in [2.05, 4.69) is 4.90 Å². The van der Waals surface area contributed by atoms with E-state index in [4.69, 9.17) is 9.15 Å². The van der Waals surface area contributed by atoms with Crippen molar-refractivity contribution in [2.24, 2.45) is 5.41 Å². The number of amides is 1. The van der Waals surface area contributed by atoms with Crippen molar-refractivity contribution in [2.45, 2.75) is 13.0 Å². The van der Waals surface area contributed by atoms with Crippen molar-refractivity contribution in [1.82, 2.24) is 9.80 Å². The highest BCUT2D eigenvalue weighted by Gasteiger charge is 2.48. The van der Waals surface area contributed by atoms with Crippen LogP contribution in [0.2, 0.25) is 0 Å². The number of hydrogen-bond donors (Lipinski definition) is 0. The molecule has 2 aliphatic heterocycles. The van der Waals surface area contributed by atoms with Crippen LogP contribution in [0, 0.1) is 5.41 Å². The number of nitrogens with zero attached hydrogens (tertiary/aromatic N) is 2. The molecule has 0 aromatic carbocycles. The molecule has 3 rings (SSSR count). The predicted octanol–water partition coefficient (Wildman–Crippen LogP) is 0.960. The molecule has 2 fully saturated rings. The zero-order valence-corrected chi connectivity index (χ0v) is 11.3. The van der Waals surface area contributed by atoms with Gasteiger partial charge in [0.2, 0.25) is 5.91 Å². The molecule has 5 nitrogen and oxygen atoms in total. The monoisotopic (exact) mass is 264 g/mol. The van der Waals surface area contributed by atoms with Crippen molar-refractivity contribution >= 4 is 5.91 Å². The molecule has 1 amide bonds. The summed E-state index contributed by atoms with van der Waals surface area (Å²) in [6, 6.07) is 2.01. The van der Waals surface area contributed by atoms with Crippen molar-refractivity contribution in [3.63, 3.8) is 0 Å². The summed E-state index contributed by atoms with van der Waals surface area (Å²) in [5, 5.41) is 0. The Hall–Kier alpha value is -1.33. The first kappa shape index (κ1) is 12.7. The van der Waals surface area contributed by atoms with Crippen LogP contribution in [-0.4, -0.2) is 55.6 Å². The van der Waals surface area contributed by atoms with E-state index in [1.54, 1.807) is 19.6 Å². The topological polar surface area (TPSA) is 45.9 Å². The molecule has 2 saturated heterocycles. The summed E-state index contributed by atoms with van der Waals surface area (Å²) in [4.78, 5) is 16.0. The molecule has 2 aliphatic rings. The van der Waals surface area contributed by atoms with E-state index in [1.807, 2.05) is 11.0 Å². The summed E-state index contributed by atoms with van der Waals surface area (Å²) >= 11 is 0. The number of likely N-dealkylation sites (tertiary alicyclic amines) is 2. The van der Waals surface area contributed by atoms with Gasteiger partial charge in [0.1, 0.15) is 6.61 Å². The molecule has 0 atom stereocenters. The SMILES string of the molecule is COCC(=O)N1CC2(CCN(Cc3ccoc3)C2)C1. The van der Waals surface area contributed by atoms with Crippen LogP contribution >= 0.6 is 0 Å². The minimum atomic E-state index is 0.112. The standard InChI is InChI=1S/C14H20N2O3/c1-18-8-13(17)16-10-14(11-16)3-4-15(9-14)6-12-2-5-19-7-12/h2,5,7H,3-4,6,8-11H2,1H3. The van der Waals surface area contributed by atoms with Gasteiger partial charge in [-0.1, -0.05) is 0 Å². The molecule has 1 aromatic rings. The largest absolute Gasteiger partial charge is 0.472 e. The van der Waals surface area contributed by atoms with Crippen molar-refractivity contribution in [3.8, 4) is 0 Å². The second kappa shape index (κ2) is 4.98. The normalized spacial score (nSPS) is 21.8. The fraction of sp³-hybridized carbons (Fsp3) is 0.643. The van der Waals surface area contributed by atoms with Crippen LogP contribution < -0.4 is 0 Å². The van der Waals surface area contributed by atoms with E-state index >= 15 is 0 Å². The quantitative estimate of drug-likeness (QED) is 0.812. The molecule has 104 valence electrons. The lowest BCUT2D eigenvalue weighted by molar-refractivity contribution is -0.146. The molecule has 19 heavy (non-hydrogen) atoms. The number of methoxy groups -OCH3 is 1. The minimum absolute atomic E-state index is 0.112. The van der Waals surface area contributed by atoms with Gasteiger partial charge >= 0.3 is 0 Å². The average Bonchev–Trinajstić information content (AvgIpc) is 2.97. The third-order valence-corrected chi connectivity index (χ3v) is 4.18. The Kier molecular flexibility index (Phi) is 3.33. The van der Waals surface area contributed by atoms with Crippen LogP contribution in [0.25, 0.3) is 0 Å². The van der Waals surface area contributed by atoms with Gasteiger partial charge in [-0.25, -0.2) is 0 Å². The molecule has 5 heteroatoms. The minimum Gasteiger partial charge on any atom is -0.472 e. The van der Waals surface area contributed by atoms with Crippen molar-refractivity contribution in [1.29, 1.82) is 0 Å². The maximum Gasteiger partial charge on any atom is 0.248 e. The van der Waals surface area contributed by atoms with Crippen LogP contribution in [0.3, 0.4) is 0 Å². The highest BCUT2D eigenvalue weighted by atomic mass is 16.5. The van der Waals surface area contributed by atoms with Gasteiger partial charge in [-0.15, -0.1) is 0 Å².